The van der Waals surface area contributed by atoms with Gasteiger partial charge in [0.15, 0.2) is 0 Å². The molecular weight excluding hydrogens is 150 g/mol. The van der Waals surface area contributed by atoms with Crippen molar-refractivity contribution in [3.05, 3.63) is 0 Å². The normalized spacial score (nSPS) is 32.2. The molecule has 1 atom stereocenters. The third-order valence-electron chi connectivity index (χ3n) is 4.03. The van der Waals surface area contributed by atoms with Gasteiger partial charge in [-0.05, 0) is 31.1 Å². The van der Waals surface area contributed by atoms with Gasteiger partial charge in [0.2, 0.25) is 0 Å². The van der Waals surface area contributed by atoms with Gasteiger partial charge in [-0.2, -0.15) is 0 Å². The second kappa shape index (κ2) is 2.46. The minimum Gasteiger partial charge on any atom is -0.392 e. The van der Waals surface area contributed by atoms with Crippen molar-refractivity contribution >= 4 is 0 Å². The summed E-state index contributed by atoms with van der Waals surface area (Å²) >= 11 is 0. The van der Waals surface area contributed by atoms with E-state index < -0.39 is 0 Å². The maximum atomic E-state index is 10.1. The van der Waals surface area contributed by atoms with E-state index in [9.17, 15) is 5.11 Å². The lowest BCUT2D eigenvalue weighted by atomic mass is 9.62. The van der Waals surface area contributed by atoms with Gasteiger partial charge < -0.3 is 10.8 Å². The predicted octanol–water partition coefficient (Wildman–Crippen LogP) is 1.28. The zero-order valence-electron chi connectivity index (χ0n) is 7.84. The summed E-state index contributed by atoms with van der Waals surface area (Å²) < 4.78 is 0. The Hall–Kier alpha value is -0.0800. The van der Waals surface area contributed by atoms with E-state index in [2.05, 4.69) is 6.92 Å². The monoisotopic (exact) mass is 169 g/mol. The fourth-order valence-electron chi connectivity index (χ4n) is 2.43. The lowest BCUT2D eigenvalue weighted by Gasteiger charge is -2.47. The summed E-state index contributed by atoms with van der Waals surface area (Å²) in [6, 6.07) is 0. The van der Waals surface area contributed by atoms with Crippen LogP contribution in [-0.4, -0.2) is 17.8 Å². The number of aliphatic hydroxyl groups is 1. The number of rotatable bonds is 3. The van der Waals surface area contributed by atoms with E-state index in [4.69, 9.17) is 5.73 Å². The van der Waals surface area contributed by atoms with Crippen molar-refractivity contribution in [2.45, 2.75) is 45.1 Å². The third-order valence-corrected chi connectivity index (χ3v) is 4.03. The van der Waals surface area contributed by atoms with Crippen LogP contribution in [0.4, 0.5) is 0 Å². The standard InChI is InChI=1S/C10H19NO/c1-9(5-6-9)8(12)10(7-11)3-2-4-10/h8,12H,2-7,11H2,1H3. The fraction of sp³-hybridized carbons (Fsp3) is 1.00. The molecule has 0 amide bonds. The first kappa shape index (κ1) is 8.52. The molecule has 0 heterocycles. The fourth-order valence-corrected chi connectivity index (χ4v) is 2.43. The summed E-state index contributed by atoms with van der Waals surface area (Å²) in [5.41, 5.74) is 6.06. The smallest absolute Gasteiger partial charge is 0.0661 e. The maximum absolute atomic E-state index is 10.1. The molecule has 2 aliphatic carbocycles. The number of hydrogen-bond donors (Lipinski definition) is 2. The van der Waals surface area contributed by atoms with Crippen LogP contribution in [0.25, 0.3) is 0 Å². The van der Waals surface area contributed by atoms with Gasteiger partial charge in [0.05, 0.1) is 6.10 Å². The van der Waals surface area contributed by atoms with Crippen molar-refractivity contribution in [3.63, 3.8) is 0 Å². The Bertz CT molecular complexity index is 177. The molecule has 70 valence electrons. The van der Waals surface area contributed by atoms with Crippen LogP contribution in [0.5, 0.6) is 0 Å². The van der Waals surface area contributed by atoms with Crippen LogP contribution in [0, 0.1) is 10.8 Å². The van der Waals surface area contributed by atoms with Crippen molar-refractivity contribution < 1.29 is 5.11 Å². The van der Waals surface area contributed by atoms with Crippen LogP contribution in [0.15, 0.2) is 0 Å². The molecule has 0 aliphatic heterocycles. The molecule has 3 N–H and O–H groups in total. The molecule has 2 nitrogen and oxygen atoms in total. The quantitative estimate of drug-likeness (QED) is 0.668. The second-order valence-corrected chi connectivity index (χ2v) is 4.98. The first-order valence-corrected chi connectivity index (χ1v) is 5.01. The van der Waals surface area contributed by atoms with Gasteiger partial charge in [0, 0.05) is 12.0 Å². The summed E-state index contributed by atoms with van der Waals surface area (Å²) in [6.07, 6.45) is 5.78. The molecular formula is C10H19NO. The molecule has 0 spiro atoms. The summed E-state index contributed by atoms with van der Waals surface area (Å²) in [4.78, 5) is 0. The molecule has 0 aromatic heterocycles. The van der Waals surface area contributed by atoms with Gasteiger partial charge >= 0.3 is 0 Å². The van der Waals surface area contributed by atoms with Gasteiger partial charge in [-0.1, -0.05) is 13.3 Å². The molecule has 12 heavy (non-hydrogen) atoms. The third kappa shape index (κ3) is 1.01. The molecule has 0 radical (unpaired) electrons. The Kier molecular flexibility index (Phi) is 1.74. The first-order valence-electron chi connectivity index (χ1n) is 5.01. The van der Waals surface area contributed by atoms with E-state index >= 15 is 0 Å². The highest BCUT2D eigenvalue weighted by molar-refractivity contribution is 5.06. The SMILES string of the molecule is CC1(C(O)C2(CN)CCC2)CC1. The second-order valence-electron chi connectivity index (χ2n) is 4.98. The van der Waals surface area contributed by atoms with E-state index in [-0.39, 0.29) is 16.9 Å². The molecule has 2 fully saturated rings. The van der Waals surface area contributed by atoms with Gasteiger partial charge in [-0.25, -0.2) is 0 Å². The van der Waals surface area contributed by atoms with Crippen LogP contribution < -0.4 is 5.73 Å². The molecule has 2 saturated carbocycles. The molecule has 2 rings (SSSR count). The summed E-state index contributed by atoms with van der Waals surface area (Å²) in [7, 11) is 0. The van der Waals surface area contributed by atoms with Gasteiger partial charge in [-0.3, -0.25) is 0 Å². The molecule has 2 heteroatoms. The van der Waals surface area contributed by atoms with E-state index in [1.54, 1.807) is 0 Å². The number of nitrogens with two attached hydrogens (primary N) is 1. The average molecular weight is 169 g/mol. The maximum Gasteiger partial charge on any atom is 0.0661 e. The molecule has 0 aromatic carbocycles. The molecule has 0 aromatic rings. The Balaban J connectivity index is 2.06. The summed E-state index contributed by atoms with van der Waals surface area (Å²) in [6.45, 7) is 2.86. The molecule has 1 unspecified atom stereocenters. The Morgan fingerprint density at radius 1 is 1.33 bits per heavy atom. The van der Waals surface area contributed by atoms with E-state index in [1.807, 2.05) is 0 Å². The summed E-state index contributed by atoms with van der Waals surface area (Å²) in [5, 5.41) is 10.1. The highest BCUT2D eigenvalue weighted by Gasteiger charge is 2.55. The molecule has 0 bridgehead atoms. The van der Waals surface area contributed by atoms with Crippen LogP contribution in [0.1, 0.15) is 39.0 Å². The van der Waals surface area contributed by atoms with E-state index in [0.717, 1.165) is 12.8 Å². The highest BCUT2D eigenvalue weighted by atomic mass is 16.3. The zero-order valence-corrected chi connectivity index (χ0v) is 7.84. The molecule has 0 saturated heterocycles. The van der Waals surface area contributed by atoms with Crippen LogP contribution in [0.2, 0.25) is 0 Å². The van der Waals surface area contributed by atoms with Gasteiger partial charge in [0.1, 0.15) is 0 Å². The van der Waals surface area contributed by atoms with Crippen molar-refractivity contribution in [1.82, 2.24) is 0 Å². The van der Waals surface area contributed by atoms with Gasteiger partial charge in [0.25, 0.3) is 0 Å². The van der Waals surface area contributed by atoms with E-state index in [0.29, 0.717) is 6.54 Å². The number of hydrogen-bond acceptors (Lipinski definition) is 2. The minimum absolute atomic E-state index is 0.102. The lowest BCUT2D eigenvalue weighted by molar-refractivity contribution is -0.0669. The topological polar surface area (TPSA) is 46.2 Å². The Morgan fingerprint density at radius 3 is 2.17 bits per heavy atom. The van der Waals surface area contributed by atoms with Crippen LogP contribution >= 0.6 is 0 Å². The van der Waals surface area contributed by atoms with Crippen LogP contribution in [-0.2, 0) is 0 Å². The number of aliphatic hydroxyl groups excluding tert-OH is 1. The predicted molar refractivity (Wildman–Crippen MR) is 48.7 cm³/mol. The minimum atomic E-state index is -0.135. The van der Waals surface area contributed by atoms with E-state index in [1.165, 1.54) is 19.3 Å². The van der Waals surface area contributed by atoms with Crippen molar-refractivity contribution in [2.24, 2.45) is 16.6 Å². The average Bonchev–Trinajstić information content (AvgIpc) is 2.68. The molecule has 2 aliphatic rings. The largest absolute Gasteiger partial charge is 0.392 e. The van der Waals surface area contributed by atoms with Crippen molar-refractivity contribution in [1.29, 1.82) is 0 Å². The van der Waals surface area contributed by atoms with Crippen LogP contribution in [0.3, 0.4) is 0 Å². The first-order chi connectivity index (χ1) is 5.63. The summed E-state index contributed by atoms with van der Waals surface area (Å²) in [5.74, 6) is 0. The van der Waals surface area contributed by atoms with Crippen molar-refractivity contribution in [3.8, 4) is 0 Å². The van der Waals surface area contributed by atoms with Gasteiger partial charge in [-0.15, -0.1) is 0 Å². The lowest BCUT2D eigenvalue weighted by Crippen LogP contribution is -2.50. The Morgan fingerprint density at radius 2 is 1.92 bits per heavy atom. The Labute approximate surface area is 74.1 Å². The van der Waals surface area contributed by atoms with Crippen molar-refractivity contribution in [2.75, 3.05) is 6.54 Å². The zero-order chi connectivity index (χ0) is 8.82. The highest BCUT2D eigenvalue weighted by Crippen LogP contribution is 2.57.